The first-order valence-electron chi connectivity index (χ1n) is 5.94. The Morgan fingerprint density at radius 2 is 1.94 bits per heavy atom. The Balaban J connectivity index is 1.93. The van der Waals surface area contributed by atoms with Gasteiger partial charge in [-0.1, -0.05) is 36.8 Å². The van der Waals surface area contributed by atoms with Crippen LogP contribution < -0.4 is 11.3 Å². The van der Waals surface area contributed by atoms with Crippen molar-refractivity contribution in [1.82, 2.24) is 5.43 Å². The Kier molecular flexibility index (Phi) is 7.02. The van der Waals surface area contributed by atoms with Crippen molar-refractivity contribution in [3.63, 3.8) is 0 Å². The summed E-state index contributed by atoms with van der Waals surface area (Å²) in [5.74, 6) is 4.87. The molecule has 1 rings (SSSR count). The third-order valence-electron chi connectivity index (χ3n) is 2.47. The average molecular weight is 236 g/mol. The van der Waals surface area contributed by atoms with E-state index in [0.29, 0.717) is 13.0 Å². The maximum absolute atomic E-state index is 10.8. The van der Waals surface area contributed by atoms with Gasteiger partial charge in [0.15, 0.2) is 0 Å². The molecule has 1 amide bonds. The maximum Gasteiger partial charge on any atom is 0.233 e. The van der Waals surface area contributed by atoms with Crippen molar-refractivity contribution < 1.29 is 9.53 Å². The molecule has 0 heterocycles. The lowest BCUT2D eigenvalue weighted by Gasteiger charge is -2.04. The van der Waals surface area contributed by atoms with Crippen molar-refractivity contribution in [2.24, 2.45) is 5.84 Å². The molecule has 17 heavy (non-hydrogen) atoms. The van der Waals surface area contributed by atoms with Gasteiger partial charge in [-0.2, -0.15) is 0 Å². The molecule has 1 aromatic carbocycles. The molecule has 0 aliphatic carbocycles. The lowest BCUT2D eigenvalue weighted by molar-refractivity contribution is -0.121. The Hall–Kier alpha value is -1.39. The third-order valence-corrected chi connectivity index (χ3v) is 2.47. The van der Waals surface area contributed by atoms with Crippen LogP contribution in [0.25, 0.3) is 0 Å². The lowest BCUT2D eigenvalue weighted by Crippen LogP contribution is -2.29. The zero-order valence-electron chi connectivity index (χ0n) is 10.0. The molecule has 0 aromatic heterocycles. The summed E-state index contributed by atoms with van der Waals surface area (Å²) in [5.41, 5.74) is 3.31. The second kappa shape index (κ2) is 8.73. The number of ether oxygens (including phenoxy) is 1. The number of rotatable bonds is 8. The minimum absolute atomic E-state index is 0.102. The normalized spacial score (nSPS) is 10.2. The van der Waals surface area contributed by atoms with E-state index in [1.807, 2.05) is 30.3 Å². The topological polar surface area (TPSA) is 64.3 Å². The van der Waals surface area contributed by atoms with Crippen molar-refractivity contribution in [2.45, 2.75) is 32.3 Å². The van der Waals surface area contributed by atoms with Crippen LogP contribution in [0, 0.1) is 0 Å². The van der Waals surface area contributed by atoms with Gasteiger partial charge in [-0.25, -0.2) is 5.84 Å². The molecule has 1 aromatic rings. The zero-order valence-corrected chi connectivity index (χ0v) is 10.0. The molecule has 0 spiro atoms. The number of unbranched alkanes of at least 4 members (excludes halogenated alkanes) is 2. The number of nitrogens with one attached hydrogen (secondary N) is 1. The molecule has 3 N–H and O–H groups in total. The quantitative estimate of drug-likeness (QED) is 0.313. The summed E-state index contributed by atoms with van der Waals surface area (Å²) in [7, 11) is 0. The van der Waals surface area contributed by atoms with Gasteiger partial charge in [-0.15, -0.1) is 0 Å². The van der Waals surface area contributed by atoms with E-state index in [0.717, 1.165) is 25.9 Å². The fourth-order valence-electron chi connectivity index (χ4n) is 1.50. The number of hydrazine groups is 1. The number of nitrogens with two attached hydrogens (primary N) is 1. The van der Waals surface area contributed by atoms with Gasteiger partial charge >= 0.3 is 0 Å². The van der Waals surface area contributed by atoms with Crippen molar-refractivity contribution in [2.75, 3.05) is 6.61 Å². The molecule has 0 atom stereocenters. The largest absolute Gasteiger partial charge is 0.377 e. The minimum atomic E-state index is -0.102. The van der Waals surface area contributed by atoms with Crippen LogP contribution in [0.3, 0.4) is 0 Å². The number of amides is 1. The van der Waals surface area contributed by atoms with Crippen LogP contribution in [0.2, 0.25) is 0 Å². The highest BCUT2D eigenvalue weighted by Crippen LogP contribution is 2.03. The summed E-state index contributed by atoms with van der Waals surface area (Å²) < 4.78 is 5.53. The van der Waals surface area contributed by atoms with Crippen molar-refractivity contribution in [1.29, 1.82) is 0 Å². The Labute approximate surface area is 102 Å². The Bertz CT molecular complexity index is 314. The van der Waals surface area contributed by atoms with E-state index < -0.39 is 0 Å². The van der Waals surface area contributed by atoms with E-state index >= 15 is 0 Å². The van der Waals surface area contributed by atoms with Gasteiger partial charge in [0, 0.05) is 13.0 Å². The standard InChI is InChI=1S/C13H20N2O2/c14-15-13(16)9-5-2-6-10-17-11-12-7-3-1-4-8-12/h1,3-4,7-8H,2,5-6,9-11,14H2,(H,15,16). The van der Waals surface area contributed by atoms with Crippen LogP contribution in [0.5, 0.6) is 0 Å². The van der Waals surface area contributed by atoms with E-state index in [-0.39, 0.29) is 5.91 Å². The zero-order chi connectivity index (χ0) is 12.3. The van der Waals surface area contributed by atoms with Gasteiger partial charge in [-0.05, 0) is 18.4 Å². The van der Waals surface area contributed by atoms with E-state index in [2.05, 4.69) is 5.43 Å². The SMILES string of the molecule is NNC(=O)CCCCCOCc1ccccc1. The van der Waals surface area contributed by atoms with Gasteiger partial charge in [0.1, 0.15) is 0 Å². The third kappa shape index (κ3) is 6.71. The lowest BCUT2D eigenvalue weighted by atomic mass is 10.2. The highest BCUT2D eigenvalue weighted by atomic mass is 16.5. The minimum Gasteiger partial charge on any atom is -0.377 e. The molecule has 0 bridgehead atoms. The van der Waals surface area contributed by atoms with Gasteiger partial charge in [-0.3, -0.25) is 10.2 Å². The van der Waals surface area contributed by atoms with Crippen molar-refractivity contribution in [3.8, 4) is 0 Å². The summed E-state index contributed by atoms with van der Waals surface area (Å²) in [6, 6.07) is 10.1. The number of carbonyl (C=O) groups is 1. The van der Waals surface area contributed by atoms with Crippen LogP contribution in [-0.4, -0.2) is 12.5 Å². The van der Waals surface area contributed by atoms with Crippen LogP contribution >= 0.6 is 0 Å². The maximum atomic E-state index is 10.8. The van der Waals surface area contributed by atoms with E-state index in [4.69, 9.17) is 10.6 Å². The average Bonchev–Trinajstić information content (AvgIpc) is 2.38. The van der Waals surface area contributed by atoms with Crippen molar-refractivity contribution in [3.05, 3.63) is 35.9 Å². The van der Waals surface area contributed by atoms with Crippen molar-refractivity contribution >= 4 is 5.91 Å². The van der Waals surface area contributed by atoms with Gasteiger partial charge in [0.05, 0.1) is 6.61 Å². The van der Waals surface area contributed by atoms with E-state index in [1.165, 1.54) is 5.56 Å². The number of hydrogen-bond donors (Lipinski definition) is 2. The van der Waals surface area contributed by atoms with Gasteiger partial charge in [0.25, 0.3) is 0 Å². The Morgan fingerprint density at radius 3 is 2.65 bits per heavy atom. The van der Waals surface area contributed by atoms with Crippen LogP contribution in [-0.2, 0) is 16.1 Å². The molecule has 94 valence electrons. The monoisotopic (exact) mass is 236 g/mol. The summed E-state index contributed by atoms with van der Waals surface area (Å²) in [4.78, 5) is 10.8. The molecule has 4 nitrogen and oxygen atoms in total. The summed E-state index contributed by atoms with van der Waals surface area (Å²) in [6.07, 6.45) is 3.32. The second-order valence-corrected chi connectivity index (χ2v) is 3.92. The molecule has 0 radical (unpaired) electrons. The first-order valence-corrected chi connectivity index (χ1v) is 5.94. The summed E-state index contributed by atoms with van der Waals surface area (Å²) in [6.45, 7) is 1.39. The van der Waals surface area contributed by atoms with Crippen LogP contribution in [0.1, 0.15) is 31.2 Å². The predicted octanol–water partition coefficient (Wildman–Crippen LogP) is 1.75. The fraction of sp³-hybridized carbons (Fsp3) is 0.462. The molecular weight excluding hydrogens is 216 g/mol. The number of hydrogen-bond acceptors (Lipinski definition) is 3. The van der Waals surface area contributed by atoms with E-state index in [1.54, 1.807) is 0 Å². The van der Waals surface area contributed by atoms with Gasteiger partial charge in [0.2, 0.25) is 5.91 Å². The highest BCUT2D eigenvalue weighted by Gasteiger charge is 1.97. The predicted molar refractivity (Wildman–Crippen MR) is 66.9 cm³/mol. The number of carbonyl (C=O) groups excluding carboxylic acids is 1. The summed E-state index contributed by atoms with van der Waals surface area (Å²) in [5, 5.41) is 0. The molecule has 0 aliphatic heterocycles. The molecule has 0 aliphatic rings. The molecule has 0 unspecified atom stereocenters. The molecule has 4 heteroatoms. The first kappa shape index (κ1) is 13.7. The fourth-order valence-corrected chi connectivity index (χ4v) is 1.50. The second-order valence-electron chi connectivity index (χ2n) is 3.92. The summed E-state index contributed by atoms with van der Waals surface area (Å²) >= 11 is 0. The van der Waals surface area contributed by atoms with Crippen LogP contribution in [0.15, 0.2) is 30.3 Å². The smallest absolute Gasteiger partial charge is 0.233 e. The first-order chi connectivity index (χ1) is 8.33. The molecule has 0 fully saturated rings. The Morgan fingerprint density at radius 1 is 1.18 bits per heavy atom. The van der Waals surface area contributed by atoms with Crippen LogP contribution in [0.4, 0.5) is 0 Å². The number of benzene rings is 1. The van der Waals surface area contributed by atoms with Gasteiger partial charge < -0.3 is 4.74 Å². The molecular formula is C13H20N2O2. The highest BCUT2D eigenvalue weighted by molar-refractivity contribution is 5.74. The van der Waals surface area contributed by atoms with E-state index in [9.17, 15) is 4.79 Å². The molecule has 0 saturated heterocycles. The molecule has 0 saturated carbocycles.